The van der Waals surface area contributed by atoms with Crippen molar-refractivity contribution in [2.75, 3.05) is 0 Å². The van der Waals surface area contributed by atoms with Gasteiger partial charge >= 0.3 is 0 Å². The number of hydrogen-bond donors (Lipinski definition) is 2. The highest BCUT2D eigenvalue weighted by Gasteiger charge is 2.36. The first kappa shape index (κ1) is 14.0. The molecule has 1 amide bonds. The molecule has 1 aromatic carbocycles. The van der Waals surface area contributed by atoms with Gasteiger partial charge in [-0.25, -0.2) is 4.39 Å². The average Bonchev–Trinajstić information content (AvgIpc) is 2.81. The van der Waals surface area contributed by atoms with Crippen molar-refractivity contribution in [3.63, 3.8) is 0 Å². The van der Waals surface area contributed by atoms with Crippen LogP contribution in [-0.4, -0.2) is 11.4 Å². The average molecular weight is 264 g/mol. The van der Waals surface area contributed by atoms with Gasteiger partial charge in [0.2, 0.25) is 5.91 Å². The van der Waals surface area contributed by atoms with E-state index in [-0.39, 0.29) is 11.7 Å². The van der Waals surface area contributed by atoms with Crippen LogP contribution in [0, 0.1) is 19.7 Å². The van der Waals surface area contributed by atoms with Crippen molar-refractivity contribution in [3.8, 4) is 0 Å². The number of nitrogens with two attached hydrogens (primary N) is 1. The summed E-state index contributed by atoms with van der Waals surface area (Å²) >= 11 is 0. The lowest BCUT2D eigenvalue weighted by atomic mass is 9.98. The molecule has 104 valence electrons. The van der Waals surface area contributed by atoms with E-state index in [0.29, 0.717) is 17.7 Å². The molecule has 0 radical (unpaired) electrons. The van der Waals surface area contributed by atoms with Gasteiger partial charge in [-0.1, -0.05) is 25.0 Å². The Morgan fingerprint density at radius 3 is 2.37 bits per heavy atom. The zero-order valence-corrected chi connectivity index (χ0v) is 11.6. The van der Waals surface area contributed by atoms with Crippen molar-refractivity contribution in [2.24, 2.45) is 5.73 Å². The highest BCUT2D eigenvalue weighted by Crippen LogP contribution is 2.27. The van der Waals surface area contributed by atoms with E-state index in [0.717, 1.165) is 31.2 Å². The monoisotopic (exact) mass is 264 g/mol. The van der Waals surface area contributed by atoms with Gasteiger partial charge in [-0.2, -0.15) is 0 Å². The molecule has 1 saturated carbocycles. The third-order valence-corrected chi connectivity index (χ3v) is 3.90. The smallest absolute Gasteiger partial charge is 0.240 e. The van der Waals surface area contributed by atoms with E-state index in [1.165, 1.54) is 0 Å². The molecule has 0 spiro atoms. The molecule has 0 atom stereocenters. The molecule has 1 fully saturated rings. The van der Waals surface area contributed by atoms with Crippen LogP contribution in [0.4, 0.5) is 4.39 Å². The van der Waals surface area contributed by atoms with E-state index in [9.17, 15) is 9.18 Å². The number of aryl methyl sites for hydroxylation is 2. The molecule has 19 heavy (non-hydrogen) atoms. The van der Waals surface area contributed by atoms with Crippen LogP contribution in [0.3, 0.4) is 0 Å². The molecule has 1 aliphatic carbocycles. The van der Waals surface area contributed by atoms with E-state index in [1.807, 2.05) is 0 Å². The quantitative estimate of drug-likeness (QED) is 0.880. The largest absolute Gasteiger partial charge is 0.350 e. The normalized spacial score (nSPS) is 17.5. The number of halogens is 1. The molecule has 3 nitrogen and oxygen atoms in total. The van der Waals surface area contributed by atoms with Crippen molar-refractivity contribution in [1.29, 1.82) is 0 Å². The number of hydrogen-bond acceptors (Lipinski definition) is 2. The fraction of sp³-hybridized carbons (Fsp3) is 0.533. The van der Waals surface area contributed by atoms with E-state index < -0.39 is 5.54 Å². The minimum absolute atomic E-state index is 0.0929. The van der Waals surface area contributed by atoms with Crippen LogP contribution >= 0.6 is 0 Å². The number of rotatable bonds is 3. The first-order valence-electron chi connectivity index (χ1n) is 6.75. The molecular formula is C15H21FN2O. The lowest BCUT2D eigenvalue weighted by molar-refractivity contribution is -0.126. The molecular weight excluding hydrogens is 243 g/mol. The maximum absolute atomic E-state index is 13.5. The van der Waals surface area contributed by atoms with Crippen LogP contribution in [0.25, 0.3) is 0 Å². The van der Waals surface area contributed by atoms with Gasteiger partial charge in [0.05, 0.1) is 5.54 Å². The molecule has 1 aliphatic rings. The molecule has 0 aliphatic heterocycles. The number of amides is 1. The highest BCUT2D eigenvalue weighted by molar-refractivity contribution is 5.86. The maximum atomic E-state index is 13.5. The van der Waals surface area contributed by atoms with Crippen LogP contribution in [0.15, 0.2) is 12.1 Å². The van der Waals surface area contributed by atoms with E-state index in [1.54, 1.807) is 26.0 Å². The van der Waals surface area contributed by atoms with Crippen LogP contribution in [0.2, 0.25) is 0 Å². The Labute approximate surface area is 113 Å². The summed E-state index contributed by atoms with van der Waals surface area (Å²) in [6.45, 7) is 3.86. The van der Waals surface area contributed by atoms with Crippen molar-refractivity contribution >= 4 is 5.91 Å². The van der Waals surface area contributed by atoms with Gasteiger partial charge in [-0.15, -0.1) is 0 Å². The fourth-order valence-electron chi connectivity index (χ4n) is 2.73. The van der Waals surface area contributed by atoms with Crippen molar-refractivity contribution in [2.45, 2.75) is 51.6 Å². The van der Waals surface area contributed by atoms with Crippen LogP contribution in [0.5, 0.6) is 0 Å². The van der Waals surface area contributed by atoms with Crippen LogP contribution in [0.1, 0.15) is 42.4 Å². The summed E-state index contributed by atoms with van der Waals surface area (Å²) in [6.07, 6.45) is 3.53. The zero-order valence-electron chi connectivity index (χ0n) is 11.6. The molecule has 2 rings (SSSR count). The Bertz CT molecular complexity index is 470. The van der Waals surface area contributed by atoms with Crippen molar-refractivity contribution < 1.29 is 9.18 Å². The number of carbonyl (C=O) groups excluding carboxylic acids is 1. The van der Waals surface area contributed by atoms with E-state index in [2.05, 4.69) is 5.32 Å². The lowest BCUT2D eigenvalue weighted by Crippen LogP contribution is -2.51. The Morgan fingerprint density at radius 1 is 1.32 bits per heavy atom. The maximum Gasteiger partial charge on any atom is 0.240 e. The molecule has 0 unspecified atom stereocenters. The lowest BCUT2D eigenvalue weighted by Gasteiger charge is -2.22. The predicted octanol–water partition coefficient (Wildman–Crippen LogP) is 2.33. The Kier molecular flexibility index (Phi) is 3.90. The minimum atomic E-state index is -0.704. The van der Waals surface area contributed by atoms with E-state index >= 15 is 0 Å². The van der Waals surface area contributed by atoms with Gasteiger partial charge in [0.15, 0.2) is 0 Å². The second-order valence-electron chi connectivity index (χ2n) is 5.59. The Morgan fingerprint density at radius 2 is 1.84 bits per heavy atom. The topological polar surface area (TPSA) is 55.1 Å². The second kappa shape index (κ2) is 5.29. The third-order valence-electron chi connectivity index (χ3n) is 3.90. The van der Waals surface area contributed by atoms with Gasteiger partial charge in [0, 0.05) is 6.54 Å². The first-order chi connectivity index (χ1) is 8.92. The summed E-state index contributed by atoms with van der Waals surface area (Å²) in [5.41, 5.74) is 7.49. The van der Waals surface area contributed by atoms with Gasteiger partial charge in [0.25, 0.3) is 0 Å². The number of nitrogens with one attached hydrogen (secondary N) is 1. The molecule has 4 heteroatoms. The Hall–Kier alpha value is -1.42. The molecule has 0 saturated heterocycles. The zero-order chi connectivity index (χ0) is 14.0. The predicted molar refractivity (Wildman–Crippen MR) is 73.1 cm³/mol. The molecule has 3 N–H and O–H groups in total. The standard InChI is InChI=1S/C15H21FN2O/c1-10-7-12(8-11(2)13(10)16)9-18-14(19)15(17)5-3-4-6-15/h7-8H,3-6,9,17H2,1-2H3,(H,18,19). The van der Waals surface area contributed by atoms with E-state index in [4.69, 9.17) is 5.73 Å². The summed E-state index contributed by atoms with van der Waals surface area (Å²) in [6, 6.07) is 3.53. The number of benzene rings is 1. The molecule has 0 heterocycles. The van der Waals surface area contributed by atoms with Crippen LogP contribution in [-0.2, 0) is 11.3 Å². The van der Waals surface area contributed by atoms with Gasteiger partial charge in [-0.05, 0) is 43.4 Å². The van der Waals surface area contributed by atoms with Gasteiger partial charge < -0.3 is 11.1 Å². The third kappa shape index (κ3) is 2.95. The van der Waals surface area contributed by atoms with Gasteiger partial charge in [-0.3, -0.25) is 4.79 Å². The molecule has 1 aromatic rings. The summed E-state index contributed by atoms with van der Waals surface area (Å²) in [4.78, 5) is 12.1. The summed E-state index contributed by atoms with van der Waals surface area (Å²) < 4.78 is 13.5. The molecule has 0 aromatic heterocycles. The van der Waals surface area contributed by atoms with Crippen molar-refractivity contribution in [3.05, 3.63) is 34.6 Å². The van der Waals surface area contributed by atoms with Gasteiger partial charge in [0.1, 0.15) is 5.82 Å². The Balaban J connectivity index is 2.01. The molecule has 0 bridgehead atoms. The number of carbonyl (C=O) groups is 1. The summed E-state index contributed by atoms with van der Waals surface area (Å²) in [7, 11) is 0. The SMILES string of the molecule is Cc1cc(CNC(=O)C2(N)CCCC2)cc(C)c1F. The second-order valence-corrected chi connectivity index (χ2v) is 5.59. The highest BCUT2D eigenvalue weighted by atomic mass is 19.1. The summed E-state index contributed by atoms with van der Waals surface area (Å²) in [5.74, 6) is -0.272. The fourth-order valence-corrected chi connectivity index (χ4v) is 2.73. The van der Waals surface area contributed by atoms with Crippen LogP contribution < -0.4 is 11.1 Å². The minimum Gasteiger partial charge on any atom is -0.350 e. The van der Waals surface area contributed by atoms with Crippen molar-refractivity contribution in [1.82, 2.24) is 5.32 Å². The summed E-state index contributed by atoms with van der Waals surface area (Å²) in [5, 5.41) is 2.87. The first-order valence-corrected chi connectivity index (χ1v) is 6.75.